The number of hydrogen-bond acceptors (Lipinski definition) is 2. The van der Waals surface area contributed by atoms with Crippen LogP contribution in [0.15, 0.2) is 60.4 Å². The molecule has 8 heteroatoms. The Morgan fingerprint density at radius 1 is 0.958 bits per heavy atom. The van der Waals surface area contributed by atoms with Gasteiger partial charge in [0.15, 0.2) is 0 Å². The molecule has 0 aliphatic rings. The van der Waals surface area contributed by atoms with E-state index in [1.165, 1.54) is 0 Å². The van der Waals surface area contributed by atoms with E-state index in [4.69, 9.17) is 10.2 Å². The van der Waals surface area contributed by atoms with Crippen LogP contribution in [0.3, 0.4) is 0 Å². The summed E-state index contributed by atoms with van der Waals surface area (Å²) in [6.45, 7) is 4.02. The van der Waals surface area contributed by atoms with Crippen molar-refractivity contribution < 1.29 is 36.6 Å². The van der Waals surface area contributed by atoms with Crippen LogP contribution in [0.2, 0.25) is 0 Å². The van der Waals surface area contributed by atoms with E-state index in [0.29, 0.717) is 30.4 Å². The SMILES string of the molecule is C=C(O)/C=C\C(=C/C)C(c1ccc(O)cc1)(C(F)(F)F)C(F)(F)F. The third-order valence-electron chi connectivity index (χ3n) is 3.35. The Bertz CT molecular complexity index is 637. The second-order valence-electron chi connectivity index (χ2n) is 4.86. The molecule has 0 aromatic heterocycles. The van der Waals surface area contributed by atoms with E-state index in [0.717, 1.165) is 19.1 Å². The lowest BCUT2D eigenvalue weighted by Gasteiger charge is -2.39. The average molecular weight is 352 g/mol. The van der Waals surface area contributed by atoms with Gasteiger partial charge in [0, 0.05) is 0 Å². The molecule has 0 spiro atoms. The van der Waals surface area contributed by atoms with Gasteiger partial charge in [-0.3, -0.25) is 0 Å². The van der Waals surface area contributed by atoms with E-state index in [1.54, 1.807) is 0 Å². The Balaban J connectivity index is 3.85. The van der Waals surface area contributed by atoms with Gasteiger partial charge in [-0.1, -0.05) is 30.9 Å². The van der Waals surface area contributed by atoms with Crippen molar-refractivity contribution in [1.82, 2.24) is 0 Å². The molecule has 0 saturated heterocycles. The molecule has 2 nitrogen and oxygen atoms in total. The summed E-state index contributed by atoms with van der Waals surface area (Å²) in [5.41, 5.74) is -6.57. The van der Waals surface area contributed by atoms with E-state index < -0.39 is 40.4 Å². The molecular weight excluding hydrogens is 338 g/mol. The van der Waals surface area contributed by atoms with Gasteiger partial charge in [0.1, 0.15) is 11.5 Å². The first-order valence-electron chi connectivity index (χ1n) is 6.53. The van der Waals surface area contributed by atoms with Crippen LogP contribution < -0.4 is 0 Å². The highest BCUT2D eigenvalue weighted by molar-refractivity contribution is 5.48. The van der Waals surface area contributed by atoms with Gasteiger partial charge in [0.25, 0.3) is 0 Å². The largest absolute Gasteiger partial charge is 0.509 e. The Labute approximate surface area is 134 Å². The highest BCUT2D eigenvalue weighted by Crippen LogP contribution is 2.56. The molecule has 0 bridgehead atoms. The van der Waals surface area contributed by atoms with E-state index in [2.05, 4.69) is 6.58 Å². The van der Waals surface area contributed by atoms with Crippen molar-refractivity contribution in [2.24, 2.45) is 0 Å². The molecule has 0 atom stereocenters. The minimum Gasteiger partial charge on any atom is -0.509 e. The molecule has 0 aliphatic carbocycles. The van der Waals surface area contributed by atoms with Crippen molar-refractivity contribution in [3.05, 3.63) is 66.0 Å². The van der Waals surface area contributed by atoms with E-state index in [-0.39, 0.29) is 0 Å². The Morgan fingerprint density at radius 2 is 1.42 bits per heavy atom. The number of allylic oxidation sites excluding steroid dienone is 4. The minimum atomic E-state index is -5.73. The predicted molar refractivity (Wildman–Crippen MR) is 76.6 cm³/mol. The van der Waals surface area contributed by atoms with Crippen LogP contribution in [0.25, 0.3) is 0 Å². The van der Waals surface area contributed by atoms with Crippen molar-refractivity contribution in [2.45, 2.75) is 24.7 Å². The fourth-order valence-corrected chi connectivity index (χ4v) is 2.32. The van der Waals surface area contributed by atoms with Crippen LogP contribution in [0.1, 0.15) is 12.5 Å². The summed E-state index contributed by atoms with van der Waals surface area (Å²) in [4.78, 5) is 0. The van der Waals surface area contributed by atoms with Crippen LogP contribution >= 0.6 is 0 Å². The predicted octanol–water partition coefficient (Wildman–Crippen LogP) is 5.33. The summed E-state index contributed by atoms with van der Waals surface area (Å²) in [6.07, 6.45) is -9.65. The topological polar surface area (TPSA) is 40.5 Å². The molecule has 0 unspecified atom stereocenters. The van der Waals surface area contributed by atoms with E-state index in [1.807, 2.05) is 0 Å². The molecule has 1 rings (SSSR count). The number of rotatable bonds is 4. The number of alkyl halides is 6. The summed E-state index contributed by atoms with van der Waals surface area (Å²) >= 11 is 0. The molecule has 0 saturated carbocycles. The van der Waals surface area contributed by atoms with Crippen molar-refractivity contribution in [3.8, 4) is 5.75 Å². The minimum absolute atomic E-state index is 0.474. The number of benzene rings is 1. The number of phenols is 1. The Kier molecular flexibility index (Phi) is 5.43. The average Bonchev–Trinajstić information content (AvgIpc) is 2.41. The molecule has 1 aromatic rings. The van der Waals surface area contributed by atoms with Crippen molar-refractivity contribution in [1.29, 1.82) is 0 Å². The van der Waals surface area contributed by atoms with Gasteiger partial charge < -0.3 is 10.2 Å². The summed E-state index contributed by atoms with van der Waals surface area (Å²) in [5, 5.41) is 18.1. The van der Waals surface area contributed by atoms with Crippen molar-refractivity contribution >= 4 is 0 Å². The van der Waals surface area contributed by atoms with Crippen LogP contribution in [-0.2, 0) is 5.41 Å². The first kappa shape index (κ1) is 19.7. The Hall–Kier alpha value is -2.38. The lowest BCUT2D eigenvalue weighted by molar-refractivity contribution is -0.289. The normalized spacial score (nSPS) is 14.2. The zero-order chi connectivity index (χ0) is 18.8. The summed E-state index contributed by atoms with van der Waals surface area (Å²) < 4.78 is 82.1. The maximum absolute atomic E-state index is 13.7. The van der Waals surface area contributed by atoms with Gasteiger partial charge in [-0.2, -0.15) is 26.3 Å². The Morgan fingerprint density at radius 3 is 1.75 bits per heavy atom. The first-order chi connectivity index (χ1) is 10.9. The van der Waals surface area contributed by atoms with E-state index in [9.17, 15) is 26.3 Å². The third kappa shape index (κ3) is 3.42. The fourth-order valence-electron chi connectivity index (χ4n) is 2.32. The van der Waals surface area contributed by atoms with Crippen LogP contribution in [0, 0.1) is 0 Å². The molecule has 0 aliphatic heterocycles. The number of aliphatic hydroxyl groups excluding tert-OH is 1. The van der Waals surface area contributed by atoms with Gasteiger partial charge >= 0.3 is 12.4 Å². The summed E-state index contributed by atoms with van der Waals surface area (Å²) in [7, 11) is 0. The zero-order valence-corrected chi connectivity index (χ0v) is 12.4. The van der Waals surface area contributed by atoms with Crippen LogP contribution in [-0.4, -0.2) is 22.6 Å². The molecular formula is C16H14F6O2. The lowest BCUT2D eigenvalue weighted by Crippen LogP contribution is -2.55. The number of aromatic hydroxyl groups is 1. The van der Waals surface area contributed by atoms with Gasteiger partial charge in [-0.25, -0.2) is 0 Å². The van der Waals surface area contributed by atoms with Gasteiger partial charge in [-0.15, -0.1) is 0 Å². The smallest absolute Gasteiger partial charge is 0.411 e. The van der Waals surface area contributed by atoms with Crippen molar-refractivity contribution in [2.75, 3.05) is 0 Å². The molecule has 0 radical (unpaired) electrons. The quantitative estimate of drug-likeness (QED) is 0.437. The highest BCUT2D eigenvalue weighted by atomic mass is 19.4. The monoisotopic (exact) mass is 352 g/mol. The maximum Gasteiger partial charge on any atom is 0.411 e. The van der Waals surface area contributed by atoms with Gasteiger partial charge in [-0.05, 0) is 36.3 Å². The number of halogens is 6. The van der Waals surface area contributed by atoms with Crippen molar-refractivity contribution in [3.63, 3.8) is 0 Å². The summed E-state index contributed by atoms with van der Waals surface area (Å²) in [5.74, 6) is -1.17. The van der Waals surface area contributed by atoms with E-state index >= 15 is 0 Å². The fraction of sp³-hybridized carbons (Fsp3) is 0.250. The molecule has 0 heterocycles. The third-order valence-corrected chi connectivity index (χ3v) is 3.35. The highest BCUT2D eigenvalue weighted by Gasteiger charge is 2.72. The molecule has 0 fully saturated rings. The molecule has 1 aromatic carbocycles. The second kappa shape index (κ2) is 6.62. The number of aliphatic hydroxyl groups is 1. The first-order valence-corrected chi connectivity index (χ1v) is 6.53. The van der Waals surface area contributed by atoms with Crippen LogP contribution in [0.5, 0.6) is 5.75 Å². The maximum atomic E-state index is 13.7. The second-order valence-corrected chi connectivity index (χ2v) is 4.86. The number of phenolic OH excluding ortho intramolecular Hbond substituents is 1. The number of hydrogen-bond donors (Lipinski definition) is 2. The zero-order valence-electron chi connectivity index (χ0n) is 12.4. The van der Waals surface area contributed by atoms with Crippen LogP contribution in [0.4, 0.5) is 26.3 Å². The molecule has 2 N–H and O–H groups in total. The standard InChI is InChI=1S/C16H14F6O2/c1-3-11(5-4-10(2)23)14(15(17,18)19,16(20,21)22)12-6-8-13(24)9-7-12/h3-9,23-24H,2H2,1H3/b5-4-,11-3+. The van der Waals surface area contributed by atoms with Gasteiger partial charge in [0.2, 0.25) is 5.41 Å². The van der Waals surface area contributed by atoms with Gasteiger partial charge in [0.05, 0.1) is 0 Å². The lowest BCUT2D eigenvalue weighted by atomic mass is 9.72. The summed E-state index contributed by atoms with van der Waals surface area (Å²) in [6, 6.07) is 2.59. The molecule has 0 amide bonds. The molecule has 24 heavy (non-hydrogen) atoms. The molecule has 132 valence electrons.